The van der Waals surface area contributed by atoms with Crippen molar-refractivity contribution in [3.05, 3.63) is 24.3 Å². The van der Waals surface area contributed by atoms with Crippen LogP contribution in [0.1, 0.15) is 13.3 Å². The number of rotatable bonds is 5. The Morgan fingerprint density at radius 2 is 1.95 bits per heavy atom. The van der Waals surface area contributed by atoms with Gasteiger partial charge in [0.1, 0.15) is 0 Å². The Hall–Kier alpha value is -1.92. The topological polar surface area (TPSA) is 70.7 Å². The summed E-state index contributed by atoms with van der Waals surface area (Å²) in [5.74, 6) is -0.260. The Labute approximate surface area is 124 Å². The Bertz CT molecular complexity index is 519. The summed E-state index contributed by atoms with van der Waals surface area (Å²) in [4.78, 5) is 25.3. The number of para-hydroxylation sites is 2. The van der Waals surface area contributed by atoms with Crippen LogP contribution < -0.4 is 10.6 Å². The zero-order valence-corrected chi connectivity index (χ0v) is 12.4. The van der Waals surface area contributed by atoms with Gasteiger partial charge in [-0.25, -0.2) is 0 Å². The number of ether oxygens (including phenoxy) is 1. The molecule has 114 valence electrons. The molecule has 6 heteroatoms. The van der Waals surface area contributed by atoms with Gasteiger partial charge in [0, 0.05) is 27.1 Å². The summed E-state index contributed by atoms with van der Waals surface area (Å²) in [6, 6.07) is 7.15. The van der Waals surface area contributed by atoms with Gasteiger partial charge in [-0.15, -0.1) is 0 Å². The maximum Gasteiger partial charge on any atom is 0.238 e. The van der Waals surface area contributed by atoms with Crippen molar-refractivity contribution in [2.24, 2.45) is 0 Å². The van der Waals surface area contributed by atoms with Crippen LogP contribution in [0.4, 0.5) is 11.4 Å². The van der Waals surface area contributed by atoms with Gasteiger partial charge < -0.3 is 15.4 Å². The molecule has 2 rings (SSSR count). The number of methoxy groups -OCH3 is 1. The lowest BCUT2D eigenvalue weighted by molar-refractivity contribution is -0.117. The maximum atomic E-state index is 12.1. The molecule has 2 amide bonds. The predicted octanol–water partition coefficient (Wildman–Crippen LogP) is 1.30. The van der Waals surface area contributed by atoms with E-state index in [1.807, 2.05) is 12.1 Å². The van der Waals surface area contributed by atoms with E-state index in [9.17, 15) is 9.59 Å². The summed E-state index contributed by atoms with van der Waals surface area (Å²) in [5, 5.41) is 5.54. The highest BCUT2D eigenvalue weighted by Gasteiger charge is 2.23. The van der Waals surface area contributed by atoms with Crippen LogP contribution in [-0.4, -0.2) is 49.6 Å². The van der Waals surface area contributed by atoms with Crippen molar-refractivity contribution in [2.45, 2.75) is 19.4 Å². The minimum Gasteiger partial charge on any atom is -0.380 e. The van der Waals surface area contributed by atoms with Crippen molar-refractivity contribution >= 4 is 23.2 Å². The fourth-order valence-corrected chi connectivity index (χ4v) is 2.42. The molecule has 1 saturated heterocycles. The van der Waals surface area contributed by atoms with Crippen molar-refractivity contribution in [1.82, 2.24) is 4.90 Å². The normalized spacial score (nSPS) is 18.5. The van der Waals surface area contributed by atoms with E-state index in [-0.39, 0.29) is 17.9 Å². The first-order chi connectivity index (χ1) is 10.1. The van der Waals surface area contributed by atoms with E-state index in [4.69, 9.17) is 4.74 Å². The molecule has 6 nitrogen and oxygen atoms in total. The molecule has 0 spiro atoms. The van der Waals surface area contributed by atoms with E-state index in [0.29, 0.717) is 17.9 Å². The van der Waals surface area contributed by atoms with Crippen LogP contribution in [0.15, 0.2) is 24.3 Å². The SMILES string of the molecule is CO[C@H]1CCN(CC(=O)Nc2ccccc2NC(C)=O)C1. The third kappa shape index (κ3) is 4.54. The molecule has 1 fully saturated rings. The quantitative estimate of drug-likeness (QED) is 0.858. The highest BCUT2D eigenvalue weighted by atomic mass is 16.5. The molecule has 21 heavy (non-hydrogen) atoms. The van der Waals surface area contributed by atoms with Crippen molar-refractivity contribution < 1.29 is 14.3 Å². The van der Waals surface area contributed by atoms with Gasteiger partial charge in [0.2, 0.25) is 11.8 Å². The minimum absolute atomic E-state index is 0.0930. The van der Waals surface area contributed by atoms with Gasteiger partial charge in [0.05, 0.1) is 24.0 Å². The van der Waals surface area contributed by atoms with Crippen LogP contribution in [0.2, 0.25) is 0 Å². The van der Waals surface area contributed by atoms with E-state index in [0.717, 1.165) is 19.5 Å². The van der Waals surface area contributed by atoms with Gasteiger partial charge in [-0.1, -0.05) is 12.1 Å². The first-order valence-electron chi connectivity index (χ1n) is 7.00. The molecular formula is C15H21N3O3. The fraction of sp³-hybridized carbons (Fsp3) is 0.467. The number of benzene rings is 1. The van der Waals surface area contributed by atoms with Gasteiger partial charge in [-0.2, -0.15) is 0 Å². The number of carbonyl (C=O) groups is 2. The largest absolute Gasteiger partial charge is 0.380 e. The van der Waals surface area contributed by atoms with Crippen LogP contribution in [0, 0.1) is 0 Å². The zero-order valence-electron chi connectivity index (χ0n) is 12.4. The van der Waals surface area contributed by atoms with Crippen LogP contribution in [0.25, 0.3) is 0 Å². The molecule has 1 aromatic rings. The van der Waals surface area contributed by atoms with Crippen molar-refractivity contribution in [1.29, 1.82) is 0 Å². The van der Waals surface area contributed by atoms with Crippen molar-refractivity contribution in [3.63, 3.8) is 0 Å². The van der Waals surface area contributed by atoms with Crippen molar-refractivity contribution in [3.8, 4) is 0 Å². The standard InChI is InChI=1S/C15H21N3O3/c1-11(19)16-13-5-3-4-6-14(13)17-15(20)10-18-8-7-12(9-18)21-2/h3-6,12H,7-10H2,1-2H3,(H,16,19)(H,17,20)/t12-/m0/s1. The number of nitrogens with one attached hydrogen (secondary N) is 2. The molecule has 0 bridgehead atoms. The second-order valence-electron chi connectivity index (χ2n) is 5.16. The molecule has 0 aliphatic carbocycles. The predicted molar refractivity (Wildman–Crippen MR) is 81.2 cm³/mol. The summed E-state index contributed by atoms with van der Waals surface area (Å²) in [5.41, 5.74) is 1.22. The summed E-state index contributed by atoms with van der Waals surface area (Å²) in [6.07, 6.45) is 1.16. The number of likely N-dealkylation sites (tertiary alicyclic amines) is 1. The molecule has 1 aliphatic heterocycles. The molecule has 1 atom stereocenters. The summed E-state index contributed by atoms with van der Waals surface area (Å²) < 4.78 is 5.28. The Balaban J connectivity index is 1.92. The molecule has 1 aromatic carbocycles. The summed E-state index contributed by atoms with van der Waals surface area (Å²) in [7, 11) is 1.69. The number of amides is 2. The third-order valence-corrected chi connectivity index (χ3v) is 3.44. The number of carbonyl (C=O) groups excluding carboxylic acids is 2. The molecule has 0 unspecified atom stereocenters. The number of nitrogens with zero attached hydrogens (tertiary/aromatic N) is 1. The smallest absolute Gasteiger partial charge is 0.238 e. The van der Waals surface area contributed by atoms with E-state index in [1.54, 1.807) is 19.2 Å². The van der Waals surface area contributed by atoms with Crippen LogP contribution in [-0.2, 0) is 14.3 Å². The van der Waals surface area contributed by atoms with Crippen LogP contribution in [0.3, 0.4) is 0 Å². The summed E-state index contributed by atoms with van der Waals surface area (Å²) in [6.45, 7) is 3.40. The monoisotopic (exact) mass is 291 g/mol. The average Bonchev–Trinajstić information content (AvgIpc) is 2.88. The number of hydrogen-bond acceptors (Lipinski definition) is 4. The molecular weight excluding hydrogens is 270 g/mol. The van der Waals surface area contributed by atoms with E-state index in [1.165, 1.54) is 6.92 Å². The van der Waals surface area contributed by atoms with E-state index >= 15 is 0 Å². The Kier molecular flexibility index (Phi) is 5.30. The Morgan fingerprint density at radius 1 is 1.29 bits per heavy atom. The maximum absolute atomic E-state index is 12.1. The number of hydrogen-bond donors (Lipinski definition) is 2. The van der Waals surface area contributed by atoms with E-state index in [2.05, 4.69) is 15.5 Å². The van der Waals surface area contributed by atoms with Gasteiger partial charge in [0.25, 0.3) is 0 Å². The van der Waals surface area contributed by atoms with E-state index < -0.39 is 0 Å². The highest BCUT2D eigenvalue weighted by Crippen LogP contribution is 2.21. The van der Waals surface area contributed by atoms with Crippen LogP contribution >= 0.6 is 0 Å². The van der Waals surface area contributed by atoms with Gasteiger partial charge in [0.15, 0.2) is 0 Å². The van der Waals surface area contributed by atoms with Gasteiger partial charge in [-0.3, -0.25) is 14.5 Å². The molecule has 0 aromatic heterocycles. The zero-order chi connectivity index (χ0) is 15.2. The first-order valence-corrected chi connectivity index (χ1v) is 7.00. The molecule has 0 radical (unpaired) electrons. The first kappa shape index (κ1) is 15.5. The lowest BCUT2D eigenvalue weighted by Gasteiger charge is -2.16. The second-order valence-corrected chi connectivity index (χ2v) is 5.16. The molecule has 2 N–H and O–H groups in total. The fourth-order valence-electron chi connectivity index (χ4n) is 2.42. The van der Waals surface area contributed by atoms with Gasteiger partial charge >= 0.3 is 0 Å². The van der Waals surface area contributed by atoms with Crippen molar-refractivity contribution in [2.75, 3.05) is 37.4 Å². The average molecular weight is 291 g/mol. The highest BCUT2D eigenvalue weighted by molar-refractivity contribution is 5.99. The summed E-state index contributed by atoms with van der Waals surface area (Å²) >= 11 is 0. The Morgan fingerprint density at radius 3 is 2.52 bits per heavy atom. The lowest BCUT2D eigenvalue weighted by Crippen LogP contribution is -2.32. The second kappa shape index (κ2) is 7.19. The van der Waals surface area contributed by atoms with Crippen LogP contribution in [0.5, 0.6) is 0 Å². The lowest BCUT2D eigenvalue weighted by atomic mass is 10.2. The molecule has 0 saturated carbocycles. The molecule has 1 aliphatic rings. The minimum atomic E-state index is -0.167. The molecule has 1 heterocycles. The third-order valence-electron chi connectivity index (χ3n) is 3.44. The van der Waals surface area contributed by atoms with Gasteiger partial charge in [-0.05, 0) is 18.6 Å². The number of anilines is 2.